The quantitative estimate of drug-likeness (QED) is 0.388. The number of nitriles is 1. The van der Waals surface area contributed by atoms with E-state index in [-0.39, 0.29) is 11.5 Å². The van der Waals surface area contributed by atoms with Crippen LogP contribution in [0, 0.1) is 11.3 Å². The van der Waals surface area contributed by atoms with E-state index in [1.54, 1.807) is 11.9 Å². The number of allylic oxidation sites excluding steroid dienone is 1. The highest BCUT2D eigenvalue weighted by molar-refractivity contribution is 5.93. The number of likely N-dealkylation sites (tertiary alicyclic amines) is 1. The summed E-state index contributed by atoms with van der Waals surface area (Å²) in [5.74, 6) is -1.05. The van der Waals surface area contributed by atoms with Crippen LogP contribution in [-0.4, -0.2) is 44.1 Å². The number of carbonyl (C=O) groups is 2. The molecule has 0 radical (unpaired) electrons. The third kappa shape index (κ3) is 2.38. The molecule has 0 bridgehead atoms. The number of hydrogen-bond acceptors (Lipinski definition) is 6. The average Bonchev–Trinajstić information content (AvgIpc) is 2.71. The van der Waals surface area contributed by atoms with Crippen molar-refractivity contribution in [1.29, 1.82) is 5.26 Å². The van der Waals surface area contributed by atoms with Gasteiger partial charge in [-0.25, -0.2) is 9.59 Å². The Morgan fingerprint density at radius 1 is 1.41 bits per heavy atom. The molecule has 17 heavy (non-hydrogen) atoms. The van der Waals surface area contributed by atoms with E-state index >= 15 is 0 Å². The Bertz CT molecular complexity index is 408. The Morgan fingerprint density at radius 2 is 2.06 bits per heavy atom. The van der Waals surface area contributed by atoms with Crippen LogP contribution in [0.1, 0.15) is 12.8 Å². The number of carbonyl (C=O) groups excluding carboxylic acids is 2. The van der Waals surface area contributed by atoms with Gasteiger partial charge in [-0.05, 0) is 12.8 Å². The van der Waals surface area contributed by atoms with Crippen LogP contribution in [0.3, 0.4) is 0 Å². The summed E-state index contributed by atoms with van der Waals surface area (Å²) < 4.78 is 9.17. The minimum Gasteiger partial charge on any atom is -0.467 e. The van der Waals surface area contributed by atoms with Gasteiger partial charge in [0.2, 0.25) is 0 Å². The van der Waals surface area contributed by atoms with E-state index in [1.165, 1.54) is 14.2 Å². The molecule has 92 valence electrons. The van der Waals surface area contributed by atoms with Crippen LogP contribution in [-0.2, 0) is 19.1 Å². The summed E-state index contributed by atoms with van der Waals surface area (Å²) >= 11 is 0. The van der Waals surface area contributed by atoms with E-state index in [2.05, 4.69) is 9.47 Å². The monoisotopic (exact) mass is 238 g/mol. The number of methoxy groups -OCH3 is 2. The highest BCUT2D eigenvalue weighted by Crippen LogP contribution is 2.29. The number of esters is 2. The lowest BCUT2D eigenvalue weighted by molar-refractivity contribution is -0.145. The second-order valence-corrected chi connectivity index (χ2v) is 3.61. The molecule has 0 aromatic rings. The van der Waals surface area contributed by atoms with Gasteiger partial charge >= 0.3 is 11.9 Å². The molecule has 1 fully saturated rings. The van der Waals surface area contributed by atoms with Gasteiger partial charge in [0, 0.05) is 12.7 Å². The first-order chi connectivity index (χ1) is 8.06. The summed E-state index contributed by atoms with van der Waals surface area (Å²) in [5.41, 5.74) is 0.469. The van der Waals surface area contributed by atoms with Gasteiger partial charge < -0.3 is 14.4 Å². The van der Waals surface area contributed by atoms with Crippen molar-refractivity contribution in [2.24, 2.45) is 0 Å². The highest BCUT2D eigenvalue weighted by Gasteiger charge is 2.35. The van der Waals surface area contributed by atoms with Gasteiger partial charge in [-0.2, -0.15) is 5.26 Å². The first-order valence-electron chi connectivity index (χ1n) is 5.09. The van der Waals surface area contributed by atoms with Crippen molar-refractivity contribution < 1.29 is 19.1 Å². The molecule has 1 rings (SSSR count). The number of nitrogens with zero attached hydrogens (tertiary/aromatic N) is 2. The molecule has 0 amide bonds. The summed E-state index contributed by atoms with van der Waals surface area (Å²) in [6.45, 7) is 0. The maximum atomic E-state index is 11.4. The molecule has 0 N–H and O–H groups in total. The third-order valence-corrected chi connectivity index (χ3v) is 2.81. The summed E-state index contributed by atoms with van der Waals surface area (Å²) in [6.07, 6.45) is 1.01. The van der Waals surface area contributed by atoms with Crippen LogP contribution in [0.2, 0.25) is 0 Å². The molecule has 1 saturated heterocycles. The van der Waals surface area contributed by atoms with E-state index in [9.17, 15) is 9.59 Å². The number of hydrogen-bond donors (Lipinski definition) is 0. The molecular weight excluding hydrogens is 224 g/mol. The first-order valence-corrected chi connectivity index (χ1v) is 5.09. The molecule has 0 saturated carbocycles. The van der Waals surface area contributed by atoms with Gasteiger partial charge in [0.25, 0.3) is 0 Å². The van der Waals surface area contributed by atoms with Crippen molar-refractivity contribution in [3.05, 3.63) is 11.3 Å². The lowest BCUT2D eigenvalue weighted by Crippen LogP contribution is -2.33. The molecule has 0 aromatic carbocycles. The zero-order valence-electron chi connectivity index (χ0n) is 10.0. The summed E-state index contributed by atoms with van der Waals surface area (Å²) in [7, 11) is 4.18. The second kappa shape index (κ2) is 5.34. The SMILES string of the molecule is COC(=O)/C(C#N)=C1\CCC(C(=O)OC)N1C. The zero-order valence-corrected chi connectivity index (χ0v) is 10.0. The minimum atomic E-state index is -0.681. The zero-order chi connectivity index (χ0) is 13.0. The summed E-state index contributed by atoms with van der Waals surface area (Å²) in [6, 6.07) is 1.37. The topological polar surface area (TPSA) is 79.6 Å². The maximum Gasteiger partial charge on any atom is 0.350 e. The predicted molar refractivity (Wildman–Crippen MR) is 57.5 cm³/mol. The van der Waals surface area contributed by atoms with Crippen LogP contribution >= 0.6 is 0 Å². The number of likely N-dealkylation sites (N-methyl/N-ethyl adjacent to an activating group) is 1. The van der Waals surface area contributed by atoms with E-state index in [4.69, 9.17) is 5.26 Å². The molecule has 0 aliphatic carbocycles. The van der Waals surface area contributed by atoms with Crippen LogP contribution in [0.15, 0.2) is 11.3 Å². The third-order valence-electron chi connectivity index (χ3n) is 2.81. The molecule has 1 atom stereocenters. The molecule has 1 heterocycles. The molecule has 1 aliphatic heterocycles. The van der Waals surface area contributed by atoms with Gasteiger partial charge in [-0.15, -0.1) is 0 Å². The van der Waals surface area contributed by atoms with Gasteiger partial charge in [0.15, 0.2) is 5.57 Å². The Balaban J connectivity index is 3.03. The highest BCUT2D eigenvalue weighted by atomic mass is 16.5. The average molecular weight is 238 g/mol. The number of ether oxygens (including phenoxy) is 2. The summed E-state index contributed by atoms with van der Waals surface area (Å²) in [4.78, 5) is 24.4. The lowest BCUT2D eigenvalue weighted by atomic mass is 10.1. The van der Waals surface area contributed by atoms with Gasteiger partial charge in [-0.3, -0.25) is 0 Å². The van der Waals surface area contributed by atoms with Crippen LogP contribution in [0.5, 0.6) is 0 Å². The van der Waals surface area contributed by atoms with Crippen molar-refractivity contribution in [3.63, 3.8) is 0 Å². The fourth-order valence-electron chi connectivity index (χ4n) is 1.87. The molecular formula is C11H14N2O4. The van der Waals surface area contributed by atoms with Crippen molar-refractivity contribution >= 4 is 11.9 Å². The van der Waals surface area contributed by atoms with E-state index in [1.807, 2.05) is 6.07 Å². The van der Waals surface area contributed by atoms with Gasteiger partial charge in [0.05, 0.1) is 14.2 Å². The molecule has 6 nitrogen and oxygen atoms in total. The number of rotatable bonds is 2. The second-order valence-electron chi connectivity index (χ2n) is 3.61. The molecule has 0 aromatic heterocycles. The van der Waals surface area contributed by atoms with Crippen molar-refractivity contribution in [2.75, 3.05) is 21.3 Å². The van der Waals surface area contributed by atoms with Crippen molar-refractivity contribution in [2.45, 2.75) is 18.9 Å². The van der Waals surface area contributed by atoms with Crippen LogP contribution < -0.4 is 0 Å². The standard InChI is InChI=1S/C11H14N2O4/c1-13-8(7(6-12)10(14)16-2)4-5-9(13)11(15)17-3/h9H,4-5H2,1-3H3/b8-7+. The lowest BCUT2D eigenvalue weighted by Gasteiger charge is -2.21. The largest absolute Gasteiger partial charge is 0.467 e. The smallest absolute Gasteiger partial charge is 0.350 e. The Morgan fingerprint density at radius 3 is 2.53 bits per heavy atom. The molecule has 6 heteroatoms. The molecule has 0 spiro atoms. The van der Waals surface area contributed by atoms with E-state index in [0.29, 0.717) is 18.5 Å². The van der Waals surface area contributed by atoms with E-state index < -0.39 is 12.0 Å². The Hall–Kier alpha value is -2.03. The van der Waals surface area contributed by atoms with E-state index in [0.717, 1.165) is 0 Å². The minimum absolute atomic E-state index is 0.0543. The fraction of sp³-hybridized carbons (Fsp3) is 0.545. The van der Waals surface area contributed by atoms with Crippen molar-refractivity contribution in [1.82, 2.24) is 4.90 Å². The Kier molecular flexibility index (Phi) is 4.10. The normalized spacial score (nSPS) is 21.8. The summed E-state index contributed by atoms with van der Waals surface area (Å²) in [5, 5.41) is 8.94. The van der Waals surface area contributed by atoms with Crippen molar-refractivity contribution in [3.8, 4) is 6.07 Å². The fourth-order valence-corrected chi connectivity index (χ4v) is 1.87. The predicted octanol–water partition coefficient (Wildman–Crippen LogP) is 0.204. The maximum absolute atomic E-state index is 11.4. The van der Waals surface area contributed by atoms with Gasteiger partial charge in [0.1, 0.15) is 12.1 Å². The molecule has 1 unspecified atom stereocenters. The first kappa shape index (κ1) is 13.0. The van der Waals surface area contributed by atoms with Crippen LogP contribution in [0.4, 0.5) is 0 Å². The Labute approximate surface area is 99.4 Å². The van der Waals surface area contributed by atoms with Gasteiger partial charge in [-0.1, -0.05) is 0 Å². The van der Waals surface area contributed by atoms with Crippen LogP contribution in [0.25, 0.3) is 0 Å². The molecule has 1 aliphatic rings.